The SMILES string of the molecule is COc1cccc(C)c1-c1cccc(COc2ccc(OI)cc2)c1. The van der Waals surface area contributed by atoms with Crippen LogP contribution in [0.2, 0.25) is 0 Å². The first kappa shape index (κ1) is 17.6. The zero-order chi connectivity index (χ0) is 17.6. The van der Waals surface area contributed by atoms with Crippen LogP contribution in [0.25, 0.3) is 11.1 Å². The third-order valence-electron chi connectivity index (χ3n) is 3.99. The Morgan fingerprint density at radius 3 is 2.32 bits per heavy atom. The molecule has 3 aromatic rings. The first-order valence-corrected chi connectivity index (χ1v) is 8.83. The summed E-state index contributed by atoms with van der Waals surface area (Å²) in [7, 11) is 1.70. The summed E-state index contributed by atoms with van der Waals surface area (Å²) >= 11 is 1.86. The summed E-state index contributed by atoms with van der Waals surface area (Å²) in [6.45, 7) is 2.60. The minimum absolute atomic E-state index is 0.506. The van der Waals surface area contributed by atoms with E-state index >= 15 is 0 Å². The van der Waals surface area contributed by atoms with E-state index in [0.29, 0.717) is 6.61 Å². The van der Waals surface area contributed by atoms with Crippen molar-refractivity contribution in [2.75, 3.05) is 7.11 Å². The largest absolute Gasteiger partial charge is 0.496 e. The fourth-order valence-corrected chi connectivity index (χ4v) is 3.05. The Morgan fingerprint density at radius 2 is 1.60 bits per heavy atom. The van der Waals surface area contributed by atoms with Crippen LogP contribution in [0.15, 0.2) is 66.7 Å². The molecule has 0 bridgehead atoms. The van der Waals surface area contributed by atoms with Crippen LogP contribution in [0.1, 0.15) is 11.1 Å². The Labute approximate surface area is 162 Å². The highest BCUT2D eigenvalue weighted by atomic mass is 127. The standard InChI is InChI=1S/C21H19IO3/c1-15-5-3-8-20(23-2)21(15)17-7-4-6-16(13-17)14-24-18-9-11-19(25-22)12-10-18/h3-13H,14H2,1-2H3. The average molecular weight is 446 g/mol. The summed E-state index contributed by atoms with van der Waals surface area (Å²) in [4.78, 5) is 0. The summed E-state index contributed by atoms with van der Waals surface area (Å²) in [5.74, 6) is 2.50. The molecule has 0 aromatic heterocycles. The molecule has 0 saturated carbocycles. The van der Waals surface area contributed by atoms with E-state index in [1.54, 1.807) is 7.11 Å². The van der Waals surface area contributed by atoms with Crippen LogP contribution < -0.4 is 12.5 Å². The predicted octanol–water partition coefficient (Wildman–Crippen LogP) is 5.98. The lowest BCUT2D eigenvalue weighted by Gasteiger charge is -2.13. The van der Waals surface area contributed by atoms with Crippen LogP contribution in [0.3, 0.4) is 0 Å². The van der Waals surface area contributed by atoms with Crippen molar-refractivity contribution in [3.8, 4) is 28.4 Å². The molecule has 25 heavy (non-hydrogen) atoms. The van der Waals surface area contributed by atoms with E-state index in [1.807, 2.05) is 65.5 Å². The minimum Gasteiger partial charge on any atom is -0.496 e. The second-order valence-corrected chi connectivity index (χ2v) is 6.13. The van der Waals surface area contributed by atoms with Crippen molar-refractivity contribution in [1.82, 2.24) is 0 Å². The number of hydrogen-bond donors (Lipinski definition) is 0. The third kappa shape index (κ3) is 4.25. The highest BCUT2D eigenvalue weighted by Gasteiger charge is 2.09. The van der Waals surface area contributed by atoms with Gasteiger partial charge in [0, 0.05) is 5.56 Å². The van der Waals surface area contributed by atoms with E-state index < -0.39 is 0 Å². The van der Waals surface area contributed by atoms with Gasteiger partial charge < -0.3 is 12.5 Å². The van der Waals surface area contributed by atoms with Gasteiger partial charge in [0.2, 0.25) is 0 Å². The van der Waals surface area contributed by atoms with Crippen molar-refractivity contribution in [3.05, 3.63) is 77.9 Å². The molecule has 0 aliphatic carbocycles. The second-order valence-electron chi connectivity index (χ2n) is 5.69. The molecule has 0 aliphatic rings. The molecule has 0 radical (unpaired) electrons. The van der Waals surface area contributed by atoms with Crippen molar-refractivity contribution in [2.24, 2.45) is 0 Å². The quantitative estimate of drug-likeness (QED) is 0.436. The molecule has 4 heteroatoms. The van der Waals surface area contributed by atoms with Crippen LogP contribution in [-0.2, 0) is 6.61 Å². The Hall–Kier alpha value is -2.21. The van der Waals surface area contributed by atoms with Crippen LogP contribution in [-0.4, -0.2) is 7.11 Å². The molecule has 3 rings (SSSR count). The molecule has 0 aliphatic heterocycles. The zero-order valence-corrected chi connectivity index (χ0v) is 16.3. The molecule has 0 saturated heterocycles. The van der Waals surface area contributed by atoms with E-state index in [9.17, 15) is 0 Å². The van der Waals surface area contributed by atoms with Crippen molar-refractivity contribution in [3.63, 3.8) is 0 Å². The molecule has 128 valence electrons. The Morgan fingerprint density at radius 1 is 0.880 bits per heavy atom. The average Bonchev–Trinajstić information content (AvgIpc) is 2.66. The molecule has 0 fully saturated rings. The van der Waals surface area contributed by atoms with Gasteiger partial charge in [0.1, 0.15) is 23.9 Å². The second kappa shape index (κ2) is 8.25. The Balaban J connectivity index is 1.80. The number of halogens is 1. The predicted molar refractivity (Wildman–Crippen MR) is 109 cm³/mol. The maximum atomic E-state index is 5.88. The van der Waals surface area contributed by atoms with Gasteiger partial charge in [0.05, 0.1) is 7.11 Å². The summed E-state index contributed by atoms with van der Waals surface area (Å²) in [5.41, 5.74) is 4.55. The number of methoxy groups -OCH3 is 1. The van der Waals surface area contributed by atoms with Crippen LogP contribution in [0.4, 0.5) is 0 Å². The van der Waals surface area contributed by atoms with Gasteiger partial charge in [-0.3, -0.25) is 0 Å². The molecule has 3 nitrogen and oxygen atoms in total. The highest BCUT2D eigenvalue weighted by molar-refractivity contribution is 14.1. The van der Waals surface area contributed by atoms with Gasteiger partial charge in [-0.15, -0.1) is 0 Å². The molecule has 0 heterocycles. The fraction of sp³-hybridized carbons (Fsp3) is 0.143. The lowest BCUT2D eigenvalue weighted by molar-refractivity contribution is 0.306. The lowest BCUT2D eigenvalue weighted by Crippen LogP contribution is -1.96. The number of rotatable bonds is 6. The van der Waals surface area contributed by atoms with Crippen molar-refractivity contribution in [2.45, 2.75) is 13.5 Å². The first-order chi connectivity index (χ1) is 12.2. The smallest absolute Gasteiger partial charge is 0.192 e. The van der Waals surface area contributed by atoms with E-state index in [4.69, 9.17) is 12.5 Å². The zero-order valence-electron chi connectivity index (χ0n) is 14.2. The number of ether oxygens (including phenoxy) is 2. The van der Waals surface area contributed by atoms with E-state index in [-0.39, 0.29) is 0 Å². The normalized spacial score (nSPS) is 10.4. The molecular formula is C21H19IO3. The molecule has 0 spiro atoms. The lowest BCUT2D eigenvalue weighted by atomic mass is 9.98. The van der Waals surface area contributed by atoms with Crippen LogP contribution in [0.5, 0.6) is 17.2 Å². The molecule has 0 amide bonds. The van der Waals surface area contributed by atoms with Gasteiger partial charge in [-0.05, 0) is 60.0 Å². The summed E-state index contributed by atoms with van der Waals surface area (Å²) in [6.07, 6.45) is 0. The van der Waals surface area contributed by atoms with Gasteiger partial charge in [-0.25, -0.2) is 0 Å². The Kier molecular flexibility index (Phi) is 5.81. The fourth-order valence-electron chi connectivity index (χ4n) is 2.75. The van der Waals surface area contributed by atoms with Crippen molar-refractivity contribution in [1.29, 1.82) is 0 Å². The number of hydrogen-bond acceptors (Lipinski definition) is 3. The summed E-state index contributed by atoms with van der Waals surface area (Å²) in [5, 5.41) is 0. The maximum absolute atomic E-state index is 5.88. The molecular weight excluding hydrogens is 427 g/mol. The summed E-state index contributed by atoms with van der Waals surface area (Å²) < 4.78 is 16.5. The van der Waals surface area contributed by atoms with Crippen molar-refractivity contribution < 1.29 is 12.5 Å². The monoisotopic (exact) mass is 446 g/mol. The Bertz CT molecular complexity index is 844. The highest BCUT2D eigenvalue weighted by Crippen LogP contribution is 2.33. The van der Waals surface area contributed by atoms with Gasteiger partial charge in [0.15, 0.2) is 23.0 Å². The van der Waals surface area contributed by atoms with E-state index in [1.165, 1.54) is 5.56 Å². The minimum atomic E-state index is 0.506. The summed E-state index contributed by atoms with van der Waals surface area (Å²) in [6, 6.07) is 22.0. The number of aryl methyl sites for hydroxylation is 1. The van der Waals surface area contributed by atoms with Crippen molar-refractivity contribution >= 4 is 23.0 Å². The maximum Gasteiger partial charge on any atom is 0.192 e. The van der Waals surface area contributed by atoms with Gasteiger partial charge in [-0.1, -0.05) is 30.3 Å². The first-order valence-electron chi connectivity index (χ1n) is 7.95. The molecule has 3 aromatic carbocycles. The van der Waals surface area contributed by atoms with E-state index in [2.05, 4.69) is 31.2 Å². The third-order valence-corrected chi connectivity index (χ3v) is 4.50. The van der Waals surface area contributed by atoms with Gasteiger partial charge >= 0.3 is 0 Å². The van der Waals surface area contributed by atoms with Gasteiger partial charge in [0.25, 0.3) is 0 Å². The molecule has 0 atom stereocenters. The van der Waals surface area contributed by atoms with Crippen LogP contribution in [0, 0.1) is 6.92 Å². The molecule has 0 N–H and O–H groups in total. The molecule has 0 unspecified atom stereocenters. The topological polar surface area (TPSA) is 27.7 Å². The van der Waals surface area contributed by atoms with Crippen LogP contribution >= 0.6 is 23.0 Å². The van der Waals surface area contributed by atoms with E-state index in [0.717, 1.165) is 33.9 Å². The number of benzene rings is 3. The van der Waals surface area contributed by atoms with Gasteiger partial charge in [-0.2, -0.15) is 0 Å².